The monoisotopic (exact) mass is 520 g/mol. The van der Waals surface area contributed by atoms with E-state index in [1.165, 1.54) is 23.5 Å². The molecule has 0 bridgehead atoms. The van der Waals surface area contributed by atoms with E-state index in [0.717, 1.165) is 44.9 Å². The quantitative estimate of drug-likeness (QED) is 0.228. The van der Waals surface area contributed by atoms with Crippen LogP contribution in [0.5, 0.6) is 0 Å². The van der Waals surface area contributed by atoms with E-state index < -0.39 is 17.8 Å². The molecule has 11 heteroatoms. The highest BCUT2D eigenvalue weighted by Crippen LogP contribution is 2.35. The Morgan fingerprint density at radius 1 is 1.03 bits per heavy atom. The molecule has 0 atom stereocenters. The van der Waals surface area contributed by atoms with Gasteiger partial charge in [-0.25, -0.2) is 9.78 Å². The highest BCUT2D eigenvalue weighted by atomic mass is 32.1. The van der Waals surface area contributed by atoms with Gasteiger partial charge in [-0.3, -0.25) is 15.4 Å². The zero-order valence-corrected chi connectivity index (χ0v) is 20.1. The van der Waals surface area contributed by atoms with Crippen LogP contribution in [0.15, 0.2) is 66.9 Å². The van der Waals surface area contributed by atoms with E-state index in [2.05, 4.69) is 30.8 Å². The SMILES string of the molecule is Cc1nc(NC(=O)Nc2cccc(C(F)(F)F)c2)sc1-c1ccc2c(/C=C/c3ccccn3)n[nH]c2c1. The first kappa shape index (κ1) is 24.2. The first-order chi connectivity index (χ1) is 17.8. The van der Waals surface area contributed by atoms with Crippen molar-refractivity contribution in [1.29, 1.82) is 0 Å². The van der Waals surface area contributed by atoms with Gasteiger partial charge in [-0.1, -0.05) is 29.5 Å². The van der Waals surface area contributed by atoms with Crippen LogP contribution in [0.2, 0.25) is 0 Å². The number of carbonyl (C=O) groups excluding carboxylic acids is 1. The van der Waals surface area contributed by atoms with Gasteiger partial charge >= 0.3 is 12.2 Å². The molecule has 3 heterocycles. The van der Waals surface area contributed by atoms with Crippen molar-refractivity contribution >= 4 is 51.2 Å². The molecule has 0 saturated carbocycles. The fraction of sp³-hybridized carbons (Fsp3) is 0.0769. The number of aryl methyl sites for hydroxylation is 1. The van der Waals surface area contributed by atoms with Crippen LogP contribution < -0.4 is 10.6 Å². The van der Waals surface area contributed by atoms with Crippen LogP contribution in [0.1, 0.15) is 22.6 Å². The Kier molecular flexibility index (Phi) is 6.45. The number of urea groups is 1. The molecular weight excluding hydrogens is 501 g/mol. The third-order valence-electron chi connectivity index (χ3n) is 5.42. The average Bonchev–Trinajstić information content (AvgIpc) is 3.45. The number of hydrogen-bond donors (Lipinski definition) is 3. The van der Waals surface area contributed by atoms with Crippen LogP contribution in [0.3, 0.4) is 0 Å². The van der Waals surface area contributed by atoms with Crippen LogP contribution in [0.25, 0.3) is 33.5 Å². The Morgan fingerprint density at radius 2 is 1.89 bits per heavy atom. The molecule has 0 aliphatic rings. The van der Waals surface area contributed by atoms with Crippen LogP contribution in [0, 0.1) is 6.92 Å². The summed E-state index contributed by atoms with van der Waals surface area (Å²) < 4.78 is 38.8. The zero-order chi connectivity index (χ0) is 26.0. The standard InChI is InChI=1S/C26H19F3N6OS/c1-15-23(37-25(31-15)33-24(36)32-19-7-4-5-17(14-19)26(27,28)29)16-8-10-20-21(34-35-22(20)13-16)11-9-18-6-2-3-12-30-18/h2-14H,1H3,(H,34,35)(H2,31,32,33,36)/b11-9+. The zero-order valence-electron chi connectivity index (χ0n) is 19.3. The number of aromatic amines is 1. The molecule has 0 fully saturated rings. The number of H-pyrrole nitrogens is 1. The Morgan fingerprint density at radius 3 is 2.68 bits per heavy atom. The van der Waals surface area contributed by atoms with Crippen molar-refractivity contribution in [1.82, 2.24) is 20.2 Å². The lowest BCUT2D eigenvalue weighted by Gasteiger charge is -2.09. The Balaban J connectivity index is 1.31. The number of aromatic nitrogens is 4. The summed E-state index contributed by atoms with van der Waals surface area (Å²) in [4.78, 5) is 21.9. The lowest BCUT2D eigenvalue weighted by atomic mass is 10.1. The molecular formula is C26H19F3N6OS. The number of thiazole rings is 1. The predicted molar refractivity (Wildman–Crippen MR) is 139 cm³/mol. The van der Waals surface area contributed by atoms with Gasteiger partial charge in [0.1, 0.15) is 0 Å². The van der Waals surface area contributed by atoms with E-state index in [0.29, 0.717) is 10.8 Å². The highest BCUT2D eigenvalue weighted by Gasteiger charge is 2.30. The number of rotatable bonds is 5. The smallest absolute Gasteiger partial charge is 0.308 e. The van der Waals surface area contributed by atoms with Crippen molar-refractivity contribution in [3.05, 3.63) is 89.5 Å². The van der Waals surface area contributed by atoms with Crippen LogP contribution in [-0.2, 0) is 6.18 Å². The molecule has 0 aliphatic carbocycles. The molecule has 0 saturated heterocycles. The van der Waals surface area contributed by atoms with Crippen LogP contribution in [0.4, 0.5) is 28.8 Å². The summed E-state index contributed by atoms with van der Waals surface area (Å²) in [5.41, 5.74) is 3.21. The molecule has 3 aromatic heterocycles. The molecule has 186 valence electrons. The number of fused-ring (bicyclic) bond motifs is 1. The Labute approximate surface area is 213 Å². The number of pyridine rings is 1. The lowest BCUT2D eigenvalue weighted by molar-refractivity contribution is -0.137. The molecule has 5 rings (SSSR count). The number of hydrogen-bond acceptors (Lipinski definition) is 5. The topological polar surface area (TPSA) is 95.6 Å². The number of nitrogens with zero attached hydrogens (tertiary/aromatic N) is 3. The van der Waals surface area contributed by atoms with Crippen molar-refractivity contribution in [3.8, 4) is 10.4 Å². The third-order valence-corrected chi connectivity index (χ3v) is 6.54. The van der Waals surface area contributed by atoms with E-state index in [-0.39, 0.29) is 5.69 Å². The average molecular weight is 521 g/mol. The maximum atomic E-state index is 12.9. The number of alkyl halides is 3. The fourth-order valence-corrected chi connectivity index (χ4v) is 4.66. The second-order valence-electron chi connectivity index (χ2n) is 8.05. The summed E-state index contributed by atoms with van der Waals surface area (Å²) in [6.07, 6.45) is 1.01. The van der Waals surface area contributed by atoms with Crippen molar-refractivity contribution in [2.45, 2.75) is 13.1 Å². The molecule has 37 heavy (non-hydrogen) atoms. The number of carbonyl (C=O) groups is 1. The molecule has 5 aromatic rings. The van der Waals surface area contributed by atoms with E-state index in [9.17, 15) is 18.0 Å². The third kappa shape index (κ3) is 5.51. The lowest BCUT2D eigenvalue weighted by Crippen LogP contribution is -2.19. The summed E-state index contributed by atoms with van der Waals surface area (Å²) in [6.45, 7) is 1.82. The minimum Gasteiger partial charge on any atom is -0.308 e. The summed E-state index contributed by atoms with van der Waals surface area (Å²) >= 11 is 1.26. The summed E-state index contributed by atoms with van der Waals surface area (Å²) in [6, 6.07) is 15.3. The first-order valence-electron chi connectivity index (χ1n) is 11.1. The van der Waals surface area contributed by atoms with Gasteiger partial charge in [0.2, 0.25) is 0 Å². The van der Waals surface area contributed by atoms with Crippen molar-refractivity contribution in [3.63, 3.8) is 0 Å². The number of halogens is 3. The Hall–Kier alpha value is -4.51. The van der Waals surface area contributed by atoms with Gasteiger partial charge in [0.25, 0.3) is 0 Å². The molecule has 0 radical (unpaired) electrons. The largest absolute Gasteiger partial charge is 0.416 e. The molecule has 0 unspecified atom stereocenters. The van der Waals surface area contributed by atoms with E-state index in [1.807, 2.05) is 55.5 Å². The maximum Gasteiger partial charge on any atom is 0.416 e. The molecule has 3 N–H and O–H groups in total. The number of amides is 2. The first-order valence-corrected chi connectivity index (χ1v) is 11.9. The number of nitrogens with one attached hydrogen (secondary N) is 3. The highest BCUT2D eigenvalue weighted by molar-refractivity contribution is 7.19. The van der Waals surface area contributed by atoms with Gasteiger partial charge in [-0.05, 0) is 67.1 Å². The minimum atomic E-state index is -4.50. The second kappa shape index (κ2) is 9.86. The van der Waals surface area contributed by atoms with Crippen LogP contribution >= 0.6 is 11.3 Å². The van der Waals surface area contributed by atoms with Gasteiger partial charge < -0.3 is 5.32 Å². The van der Waals surface area contributed by atoms with E-state index >= 15 is 0 Å². The number of anilines is 2. The summed E-state index contributed by atoms with van der Waals surface area (Å²) in [5.74, 6) is 0. The number of benzene rings is 2. The normalized spacial score (nSPS) is 11.8. The molecule has 0 aliphatic heterocycles. The minimum absolute atomic E-state index is 0.0263. The van der Waals surface area contributed by atoms with E-state index in [4.69, 9.17) is 0 Å². The maximum absolute atomic E-state index is 12.9. The summed E-state index contributed by atoms with van der Waals surface area (Å²) in [7, 11) is 0. The molecule has 7 nitrogen and oxygen atoms in total. The van der Waals surface area contributed by atoms with Crippen molar-refractivity contribution < 1.29 is 18.0 Å². The van der Waals surface area contributed by atoms with E-state index in [1.54, 1.807) is 6.20 Å². The summed E-state index contributed by atoms with van der Waals surface area (Å²) in [5, 5.41) is 13.7. The van der Waals surface area contributed by atoms with Gasteiger partial charge in [0.05, 0.1) is 33.0 Å². The Bertz CT molecular complexity index is 1610. The molecule has 2 amide bonds. The second-order valence-corrected chi connectivity index (χ2v) is 9.05. The van der Waals surface area contributed by atoms with Gasteiger partial charge in [-0.2, -0.15) is 18.3 Å². The van der Waals surface area contributed by atoms with Crippen molar-refractivity contribution in [2.24, 2.45) is 0 Å². The molecule has 2 aromatic carbocycles. The van der Waals surface area contributed by atoms with Gasteiger partial charge in [-0.15, -0.1) is 0 Å². The van der Waals surface area contributed by atoms with Gasteiger partial charge in [0.15, 0.2) is 5.13 Å². The van der Waals surface area contributed by atoms with Crippen LogP contribution in [-0.4, -0.2) is 26.2 Å². The predicted octanol–water partition coefficient (Wildman–Crippen LogP) is 7.22. The fourth-order valence-electron chi connectivity index (χ4n) is 3.70. The van der Waals surface area contributed by atoms with Gasteiger partial charge in [0, 0.05) is 17.3 Å². The van der Waals surface area contributed by atoms with Crippen molar-refractivity contribution in [2.75, 3.05) is 10.6 Å². The molecule has 0 spiro atoms.